The molecule has 18 nitrogen and oxygen atoms in total. The van der Waals surface area contributed by atoms with E-state index in [-0.39, 0.29) is 52.7 Å². The summed E-state index contributed by atoms with van der Waals surface area (Å²) in [5.41, 5.74) is 11.0. The van der Waals surface area contributed by atoms with Crippen molar-refractivity contribution >= 4 is 58.6 Å². The van der Waals surface area contributed by atoms with E-state index in [1.165, 1.54) is 21.7 Å². The van der Waals surface area contributed by atoms with Crippen LogP contribution in [0.4, 0.5) is 11.4 Å². The molecule has 594 valence electrons. The molecule has 0 aromatic heterocycles. The molecule has 0 N–H and O–H groups in total. The molecule has 0 fully saturated rings. The first-order chi connectivity index (χ1) is 59.1. The van der Waals surface area contributed by atoms with Gasteiger partial charge in [0, 0.05) is 53.4 Å². The van der Waals surface area contributed by atoms with Gasteiger partial charge < -0.3 is 28.4 Å². The van der Waals surface area contributed by atoms with Gasteiger partial charge in [0.25, 0.3) is 47.3 Å². The zero-order valence-corrected chi connectivity index (χ0v) is 66.9. The monoisotopic (exact) mass is 1600 g/mol. The van der Waals surface area contributed by atoms with Gasteiger partial charge in [0.05, 0.1) is 55.9 Å². The predicted molar refractivity (Wildman–Crippen MR) is 464 cm³/mol. The van der Waals surface area contributed by atoms with Gasteiger partial charge in [-0.1, -0.05) is 146 Å². The first kappa shape index (κ1) is 79.4. The minimum atomic E-state index is -0.377. The number of hydrogen-bond donors (Lipinski definition) is 0. The van der Waals surface area contributed by atoms with E-state index in [0.717, 1.165) is 49.8 Å². The lowest BCUT2D eigenvalue weighted by Crippen LogP contribution is -2.29. The Kier molecular flexibility index (Phi) is 22.4. The molecule has 0 unspecified atom stereocenters. The summed E-state index contributed by atoms with van der Waals surface area (Å²) in [7, 11) is 1.47. The van der Waals surface area contributed by atoms with Crippen molar-refractivity contribution in [2.45, 2.75) is 40.0 Å². The van der Waals surface area contributed by atoms with Crippen molar-refractivity contribution in [1.82, 2.24) is 9.80 Å². The molecule has 0 aliphatic carbocycles. The number of amides is 8. The number of carbonyl (C=O) groups excluding carboxylic acids is 8. The van der Waals surface area contributed by atoms with Crippen molar-refractivity contribution in [3.05, 3.63) is 417 Å². The molecule has 4 aliphatic rings. The Labute approximate surface area is 703 Å². The van der Waals surface area contributed by atoms with Gasteiger partial charge in [-0.05, 0) is 250 Å². The molecule has 18 heteroatoms. The van der Waals surface area contributed by atoms with Crippen LogP contribution in [0.3, 0.4) is 0 Å². The third kappa shape index (κ3) is 17.2. The van der Waals surface area contributed by atoms with Crippen LogP contribution in [0.2, 0.25) is 0 Å². The molecule has 14 aromatic rings. The van der Waals surface area contributed by atoms with Crippen LogP contribution in [0.15, 0.2) is 328 Å². The number of rotatable bonds is 17. The number of carbonyl (C=O) groups is 8. The van der Waals surface area contributed by atoms with Crippen molar-refractivity contribution < 1.29 is 66.8 Å². The van der Waals surface area contributed by atoms with E-state index in [4.69, 9.17) is 28.4 Å². The van der Waals surface area contributed by atoms with Gasteiger partial charge in [-0.25, -0.2) is 9.80 Å². The Morgan fingerprint density at radius 3 is 0.893 bits per heavy atom. The summed E-state index contributed by atoms with van der Waals surface area (Å²) in [6.07, 6.45) is 0. The van der Waals surface area contributed by atoms with E-state index in [1.807, 2.05) is 208 Å². The van der Waals surface area contributed by atoms with Crippen LogP contribution in [0, 0.1) is 37.5 Å². The van der Waals surface area contributed by atoms with Gasteiger partial charge >= 0.3 is 0 Å². The summed E-state index contributed by atoms with van der Waals surface area (Å²) in [6, 6.07) is 98.7. The normalized spacial score (nSPS) is 12.8. The first-order valence-corrected chi connectivity index (χ1v) is 39.1. The smallest absolute Gasteiger partial charge is 0.266 e. The molecule has 0 spiro atoms. The molecule has 8 amide bonds. The Hall–Kier alpha value is -16.4. The first-order valence-electron chi connectivity index (χ1n) is 39.1. The second kappa shape index (κ2) is 34.4. The minimum absolute atomic E-state index is 0.277. The number of fused-ring (bicyclic) bond motifs is 4. The lowest BCUT2D eigenvalue weighted by atomic mass is 9.78. The maximum absolute atomic E-state index is 13.2. The average molecular weight is 1600 g/mol. The summed E-state index contributed by atoms with van der Waals surface area (Å²) in [5, 5.41) is 0. The molecule has 14 aromatic carbocycles. The molecule has 4 heterocycles. The zero-order chi connectivity index (χ0) is 84.7. The molecule has 122 heavy (non-hydrogen) atoms. The Morgan fingerprint density at radius 2 is 0.525 bits per heavy atom. The van der Waals surface area contributed by atoms with Gasteiger partial charge in [0.15, 0.2) is 0 Å². The average Bonchev–Trinajstić information content (AvgIpc) is 1.61. The third-order valence-electron chi connectivity index (χ3n) is 20.8. The lowest BCUT2D eigenvalue weighted by molar-refractivity contribution is 0.0655. The minimum Gasteiger partial charge on any atom is -0.457 e. The predicted octanol–water partition coefficient (Wildman–Crippen LogP) is 22.0. The number of imide groups is 4. The van der Waals surface area contributed by atoms with Crippen LogP contribution in [-0.2, 0) is 5.41 Å². The van der Waals surface area contributed by atoms with Crippen molar-refractivity contribution in [2.75, 3.05) is 23.4 Å². The fourth-order valence-electron chi connectivity index (χ4n) is 14.1. The Bertz CT molecular complexity index is 6340. The Morgan fingerprint density at radius 1 is 0.254 bits per heavy atom. The molecule has 0 radical (unpaired) electrons. The highest BCUT2D eigenvalue weighted by Gasteiger charge is 2.40. The van der Waals surface area contributed by atoms with Crippen LogP contribution in [0.5, 0.6) is 69.0 Å². The molecule has 4 aliphatic heterocycles. The second-order valence-corrected chi connectivity index (χ2v) is 29.4. The van der Waals surface area contributed by atoms with Crippen molar-refractivity contribution in [3.63, 3.8) is 0 Å². The fourth-order valence-corrected chi connectivity index (χ4v) is 14.1. The Balaban J connectivity index is 0.000000136. The molecule has 0 bridgehead atoms. The number of benzene rings is 14. The van der Waals surface area contributed by atoms with Crippen LogP contribution >= 0.6 is 0 Å². The number of nitrogens with zero attached hydrogens (tertiary/aromatic N) is 4. The van der Waals surface area contributed by atoms with Crippen molar-refractivity contribution in [3.8, 4) is 92.7 Å². The highest BCUT2D eigenvalue weighted by molar-refractivity contribution is 6.35. The molecule has 0 atom stereocenters. The highest BCUT2D eigenvalue weighted by atomic mass is 16.5. The highest BCUT2D eigenvalue weighted by Crippen LogP contribution is 2.40. The molecule has 18 rings (SSSR count). The van der Waals surface area contributed by atoms with E-state index in [2.05, 4.69) is 37.5 Å². The van der Waals surface area contributed by atoms with Crippen LogP contribution in [0.25, 0.3) is 0 Å². The van der Waals surface area contributed by atoms with Crippen LogP contribution in [0.1, 0.15) is 148 Å². The van der Waals surface area contributed by atoms with Gasteiger partial charge in [-0.15, -0.1) is 0 Å². The van der Waals surface area contributed by atoms with Crippen molar-refractivity contribution in [1.29, 1.82) is 0 Å². The topological polar surface area (TPSA) is 205 Å². The van der Waals surface area contributed by atoms with E-state index in [9.17, 15) is 38.4 Å². The van der Waals surface area contributed by atoms with Gasteiger partial charge in [0.2, 0.25) is 0 Å². The largest absolute Gasteiger partial charge is 0.457 e. The lowest BCUT2D eigenvalue weighted by Gasteiger charge is -2.26. The summed E-state index contributed by atoms with van der Waals surface area (Å²) in [6.45, 7) is 10.4. The molecular weight excluding hydrogens is 1530 g/mol. The molecule has 0 saturated heterocycles. The molecule has 0 saturated carbocycles. The maximum Gasteiger partial charge on any atom is 0.266 e. The maximum atomic E-state index is 13.2. The summed E-state index contributed by atoms with van der Waals surface area (Å²) in [4.78, 5) is 107. The van der Waals surface area contributed by atoms with E-state index in [1.54, 1.807) is 140 Å². The third-order valence-corrected chi connectivity index (χ3v) is 20.8. The van der Waals surface area contributed by atoms with Gasteiger partial charge in [0.1, 0.15) is 69.0 Å². The van der Waals surface area contributed by atoms with Gasteiger partial charge in [-0.3, -0.25) is 48.2 Å². The van der Waals surface area contributed by atoms with E-state index < -0.39 is 0 Å². The number of hydrogen-bond acceptors (Lipinski definition) is 14. The zero-order valence-electron chi connectivity index (χ0n) is 66.9. The van der Waals surface area contributed by atoms with Gasteiger partial charge in [-0.2, -0.15) is 0 Å². The van der Waals surface area contributed by atoms with Crippen LogP contribution < -0.4 is 38.2 Å². The summed E-state index contributed by atoms with van der Waals surface area (Å²) < 4.78 is 35.9. The second-order valence-electron chi connectivity index (χ2n) is 29.4. The number of aryl methyl sites for hydroxylation is 2. The van der Waals surface area contributed by atoms with E-state index >= 15 is 0 Å². The summed E-state index contributed by atoms with van der Waals surface area (Å²) in [5.74, 6) is 16.9. The van der Waals surface area contributed by atoms with E-state index in [0.29, 0.717) is 131 Å². The number of anilines is 2. The SMILES string of the molecule is CCN1C(=O)c2ccc(Oc3ccc(C(C)(C)c4ccc(Oc5ccc6c(c5)C(=O)N(C)C6=O)cc4)cc3)cc2C1=O.Cc1ccc(Oc2cccc(Oc3ccc(N4C(=O)c5ccc(C#Cc6ccccc6)cc5C4=O)cc3)c2)cc1.Cc1ccc(Oc2cccc(Oc3ccc(N4C(=O)c5ccc(C#Cc6ccccc6)cc5C4=O)cc3)c2)cc1. The quantitative estimate of drug-likeness (QED) is 0.0614. The fraction of sp³-hybridized carbons (Fsp3) is 0.0769. The standard InChI is InChI=1S/2C35H23NO4.C34H28N2O6/c2*1-24-10-17-28(18-11-24)39-30-8-5-9-31(23-30)40-29-19-15-27(16-20-29)36-34(37)32-21-14-26(22-33(32)35(36)38)13-12-25-6-3-2-4-7-25;1-5-36-32(39)27-17-15-25(19-29(27)33(36)40)42-23-12-8-21(9-13-23)34(2,3)20-6-10-22(11-7-20)41-24-14-16-26-28(18-24)31(38)35(4)30(26)37/h2*2-11,14-23H,1H3;6-19H,5H2,1-4H3. The van der Waals surface area contributed by atoms with Crippen LogP contribution in [-0.4, -0.2) is 70.6 Å². The van der Waals surface area contributed by atoms with Crippen molar-refractivity contribution in [2.24, 2.45) is 0 Å². The molecular formula is C104H74N4O14. The summed E-state index contributed by atoms with van der Waals surface area (Å²) >= 11 is 0. The number of ether oxygens (including phenoxy) is 6.